The van der Waals surface area contributed by atoms with Gasteiger partial charge in [0.05, 0.1) is 0 Å². The number of phenolic OH excluding ortho intramolecular Hbond substituents is 6. The van der Waals surface area contributed by atoms with E-state index in [4.69, 9.17) is 0 Å². The van der Waals surface area contributed by atoms with Gasteiger partial charge in [0.25, 0.3) is 0 Å². The van der Waals surface area contributed by atoms with Crippen LogP contribution in [0.4, 0.5) is 0 Å². The average molecular weight is 454 g/mol. The van der Waals surface area contributed by atoms with Crippen molar-refractivity contribution < 1.29 is 30.6 Å². The van der Waals surface area contributed by atoms with Crippen molar-refractivity contribution in [2.75, 3.05) is 0 Å². The van der Waals surface area contributed by atoms with E-state index in [9.17, 15) is 30.6 Å². The molecule has 0 radical (unpaired) electrons. The monoisotopic (exact) mass is 454 g/mol. The topological polar surface area (TPSA) is 121 Å². The summed E-state index contributed by atoms with van der Waals surface area (Å²) in [5.74, 6) is -1.07. The highest BCUT2D eigenvalue weighted by molar-refractivity contribution is 5.93. The molecule has 0 fully saturated rings. The normalized spacial score (nSPS) is 18.2. The summed E-state index contributed by atoms with van der Waals surface area (Å²) in [6.07, 6.45) is 1.89. The van der Waals surface area contributed by atoms with Gasteiger partial charge in [-0.2, -0.15) is 0 Å². The standard InChI is InChI=1S/C28H22O6/c29-18-5-1-15(2-6-18)9-23-24-13-22(33)14-25(34)28(24)27(16-3-7-19(30)8-4-16)26(23)17-10-20(31)12-21(32)11-17/h1-14,26-27,29-34H/t26-,27+/m0/s1. The van der Waals surface area contributed by atoms with Gasteiger partial charge in [0.2, 0.25) is 0 Å². The number of hydrogen-bond donors (Lipinski definition) is 6. The van der Waals surface area contributed by atoms with Crippen molar-refractivity contribution >= 4 is 11.6 Å². The van der Waals surface area contributed by atoms with Crippen molar-refractivity contribution in [1.82, 2.24) is 0 Å². The molecule has 0 aliphatic heterocycles. The first-order valence-electron chi connectivity index (χ1n) is 10.7. The molecule has 0 saturated carbocycles. The van der Waals surface area contributed by atoms with Crippen LogP contribution < -0.4 is 0 Å². The Labute approximate surface area is 195 Å². The summed E-state index contributed by atoms with van der Waals surface area (Å²) in [7, 11) is 0. The SMILES string of the molecule is Oc1ccc(C=C2c3cc(O)cc(O)c3[C@H](c3ccc(O)cc3)[C@H]2c2cc(O)cc(O)c2)cc1. The zero-order valence-corrected chi connectivity index (χ0v) is 17.9. The van der Waals surface area contributed by atoms with Crippen LogP contribution in [0, 0.1) is 0 Å². The first-order chi connectivity index (χ1) is 16.3. The summed E-state index contributed by atoms with van der Waals surface area (Å²) < 4.78 is 0. The molecule has 6 nitrogen and oxygen atoms in total. The Kier molecular flexibility index (Phi) is 5.06. The van der Waals surface area contributed by atoms with Crippen LogP contribution in [0.3, 0.4) is 0 Å². The summed E-state index contributed by atoms with van der Waals surface area (Å²) in [6.45, 7) is 0. The highest BCUT2D eigenvalue weighted by Crippen LogP contribution is 2.58. The molecule has 4 aromatic rings. The van der Waals surface area contributed by atoms with Gasteiger partial charge in [-0.1, -0.05) is 30.3 Å². The molecule has 6 N–H and O–H groups in total. The summed E-state index contributed by atoms with van der Waals surface area (Å²) in [4.78, 5) is 0. The molecule has 5 rings (SSSR count). The molecule has 0 unspecified atom stereocenters. The predicted molar refractivity (Wildman–Crippen MR) is 128 cm³/mol. The Morgan fingerprint density at radius 3 is 1.68 bits per heavy atom. The van der Waals surface area contributed by atoms with Crippen LogP contribution in [-0.2, 0) is 0 Å². The lowest BCUT2D eigenvalue weighted by Gasteiger charge is -2.23. The van der Waals surface area contributed by atoms with Crippen LogP contribution in [0.5, 0.6) is 34.5 Å². The molecular weight excluding hydrogens is 432 g/mol. The Bertz CT molecular complexity index is 1380. The molecule has 1 aliphatic rings. The van der Waals surface area contributed by atoms with E-state index in [2.05, 4.69) is 0 Å². The van der Waals surface area contributed by atoms with Crippen molar-refractivity contribution in [3.05, 3.63) is 107 Å². The molecule has 6 heteroatoms. The molecule has 170 valence electrons. The van der Waals surface area contributed by atoms with Gasteiger partial charge in [0.1, 0.15) is 34.5 Å². The highest BCUT2D eigenvalue weighted by atomic mass is 16.3. The van der Waals surface area contributed by atoms with Gasteiger partial charge in [-0.15, -0.1) is 0 Å². The second-order valence-electron chi connectivity index (χ2n) is 8.45. The van der Waals surface area contributed by atoms with E-state index < -0.39 is 11.8 Å². The quantitative estimate of drug-likeness (QED) is 0.247. The van der Waals surface area contributed by atoms with Crippen molar-refractivity contribution in [1.29, 1.82) is 0 Å². The minimum Gasteiger partial charge on any atom is -0.508 e. The maximum atomic E-state index is 10.9. The number of fused-ring (bicyclic) bond motifs is 1. The van der Waals surface area contributed by atoms with Crippen LogP contribution in [0.25, 0.3) is 11.6 Å². The van der Waals surface area contributed by atoms with Gasteiger partial charge < -0.3 is 30.6 Å². The maximum absolute atomic E-state index is 10.9. The molecule has 0 saturated heterocycles. The Hall–Kier alpha value is -4.58. The van der Waals surface area contributed by atoms with Crippen LogP contribution >= 0.6 is 0 Å². The molecule has 0 bridgehead atoms. The lowest BCUT2D eigenvalue weighted by Crippen LogP contribution is -2.08. The molecular formula is C28H22O6. The van der Waals surface area contributed by atoms with Gasteiger partial charge >= 0.3 is 0 Å². The summed E-state index contributed by atoms with van der Waals surface area (Å²) in [5.41, 5.74) is 4.13. The van der Waals surface area contributed by atoms with Gasteiger partial charge in [0, 0.05) is 29.5 Å². The third-order valence-electron chi connectivity index (χ3n) is 6.18. The van der Waals surface area contributed by atoms with Gasteiger partial charge in [0.15, 0.2) is 0 Å². The minimum atomic E-state index is -0.459. The number of allylic oxidation sites excluding steroid dienone is 1. The Balaban J connectivity index is 1.82. The molecule has 34 heavy (non-hydrogen) atoms. The Morgan fingerprint density at radius 1 is 0.500 bits per heavy atom. The van der Waals surface area contributed by atoms with Crippen LogP contribution in [0.15, 0.2) is 78.9 Å². The van der Waals surface area contributed by atoms with E-state index in [1.807, 2.05) is 6.08 Å². The molecule has 2 atom stereocenters. The number of hydrogen-bond acceptors (Lipinski definition) is 6. The van der Waals surface area contributed by atoms with E-state index in [1.54, 1.807) is 66.7 Å². The van der Waals surface area contributed by atoms with E-state index in [-0.39, 0.29) is 34.5 Å². The van der Waals surface area contributed by atoms with E-state index in [0.29, 0.717) is 16.7 Å². The van der Waals surface area contributed by atoms with Crippen LogP contribution in [0.1, 0.15) is 39.7 Å². The second kappa shape index (κ2) is 8.08. The van der Waals surface area contributed by atoms with Gasteiger partial charge in [-0.05, 0) is 70.3 Å². The Morgan fingerprint density at radius 2 is 1.06 bits per heavy atom. The number of benzene rings is 4. The molecule has 0 aromatic heterocycles. The van der Waals surface area contributed by atoms with Gasteiger partial charge in [-0.25, -0.2) is 0 Å². The fraction of sp³-hybridized carbons (Fsp3) is 0.0714. The van der Waals surface area contributed by atoms with Gasteiger partial charge in [-0.3, -0.25) is 0 Å². The minimum absolute atomic E-state index is 0.0865. The van der Waals surface area contributed by atoms with Crippen LogP contribution in [0.2, 0.25) is 0 Å². The third kappa shape index (κ3) is 3.75. The predicted octanol–water partition coefficient (Wildman–Crippen LogP) is 5.39. The highest BCUT2D eigenvalue weighted by Gasteiger charge is 2.41. The van der Waals surface area contributed by atoms with Crippen molar-refractivity contribution in [3.63, 3.8) is 0 Å². The first kappa shape index (κ1) is 21.3. The van der Waals surface area contributed by atoms with Crippen molar-refractivity contribution in [2.24, 2.45) is 0 Å². The lowest BCUT2D eigenvalue weighted by atomic mass is 9.79. The molecule has 4 aromatic carbocycles. The number of rotatable bonds is 3. The summed E-state index contributed by atoms with van der Waals surface area (Å²) in [6, 6.07) is 20.5. The summed E-state index contributed by atoms with van der Waals surface area (Å²) in [5, 5.41) is 61.2. The maximum Gasteiger partial charge on any atom is 0.123 e. The second-order valence-corrected chi connectivity index (χ2v) is 8.45. The smallest absolute Gasteiger partial charge is 0.123 e. The number of phenols is 6. The van der Waals surface area contributed by atoms with Crippen molar-refractivity contribution in [3.8, 4) is 34.5 Å². The van der Waals surface area contributed by atoms with Crippen molar-refractivity contribution in [2.45, 2.75) is 11.8 Å². The molecule has 1 aliphatic carbocycles. The fourth-order valence-electron chi connectivity index (χ4n) is 4.83. The average Bonchev–Trinajstić information content (AvgIpc) is 3.09. The first-order valence-corrected chi connectivity index (χ1v) is 10.7. The molecule has 0 heterocycles. The largest absolute Gasteiger partial charge is 0.508 e. The van der Waals surface area contributed by atoms with E-state index in [1.165, 1.54) is 12.1 Å². The van der Waals surface area contributed by atoms with Crippen LogP contribution in [-0.4, -0.2) is 30.6 Å². The summed E-state index contributed by atoms with van der Waals surface area (Å²) >= 11 is 0. The zero-order chi connectivity index (χ0) is 24.0. The molecule has 0 amide bonds. The number of aromatic hydroxyl groups is 6. The fourth-order valence-corrected chi connectivity index (χ4v) is 4.83. The van der Waals surface area contributed by atoms with E-state index in [0.717, 1.165) is 16.7 Å². The lowest BCUT2D eigenvalue weighted by molar-refractivity contribution is 0.444. The molecule has 0 spiro atoms. The third-order valence-corrected chi connectivity index (χ3v) is 6.18. The zero-order valence-electron chi connectivity index (χ0n) is 17.9. The van der Waals surface area contributed by atoms with E-state index >= 15 is 0 Å².